The Morgan fingerprint density at radius 3 is 1.56 bits per heavy atom. The number of nitrogens with two attached hydrogens (primary N) is 2. The lowest BCUT2D eigenvalue weighted by Crippen LogP contribution is -2.74. The predicted molar refractivity (Wildman–Crippen MR) is 225 cm³/mol. The first kappa shape index (κ1) is 41.9. The molecule has 6 amide bonds. The smallest absolute Gasteiger partial charge is 0.411 e. The highest BCUT2D eigenvalue weighted by Crippen LogP contribution is 2.60. The van der Waals surface area contributed by atoms with Gasteiger partial charge in [0, 0.05) is 47.5 Å². The average molecular weight is 834 g/mol. The third kappa shape index (κ3) is 5.75. The second-order valence-corrected chi connectivity index (χ2v) is 18.4. The topological polar surface area (TPSA) is 229 Å². The molecule has 0 spiro atoms. The molecule has 0 radical (unpaired) electrons. The largest absolute Gasteiger partial charge is 0.465 e. The van der Waals surface area contributed by atoms with Gasteiger partial charge in [0.2, 0.25) is 11.8 Å². The third-order valence-electron chi connectivity index (χ3n) is 15.6. The van der Waals surface area contributed by atoms with Gasteiger partial charge in [-0.3, -0.25) is 39.6 Å². The number of imide groups is 2. The van der Waals surface area contributed by atoms with Crippen molar-refractivity contribution in [1.82, 2.24) is 20.4 Å². The maximum absolute atomic E-state index is 14.9. The van der Waals surface area contributed by atoms with Crippen LogP contribution in [0.5, 0.6) is 0 Å². The number of primary amides is 2. The number of carbonyl (C=O) groups is 6. The zero-order valence-corrected chi connectivity index (χ0v) is 35.0. The molecule has 0 aromatic heterocycles. The molecule has 3 aromatic rings. The number of para-hydroxylation sites is 1. The van der Waals surface area contributed by atoms with Crippen molar-refractivity contribution in [3.63, 3.8) is 0 Å². The summed E-state index contributed by atoms with van der Waals surface area (Å²) in [4.78, 5) is 87.2. The van der Waals surface area contributed by atoms with Crippen molar-refractivity contribution in [2.24, 2.45) is 17.4 Å². The van der Waals surface area contributed by atoms with Crippen LogP contribution in [0.1, 0.15) is 94.9 Å². The van der Waals surface area contributed by atoms with Gasteiger partial charge in [0.25, 0.3) is 11.8 Å². The lowest BCUT2D eigenvalue weighted by atomic mass is 9.56. The molecule has 322 valence electrons. The Hall–Kier alpha value is -5.80. The second-order valence-electron chi connectivity index (χ2n) is 18.4. The minimum Gasteiger partial charge on any atom is -0.465 e. The normalized spacial score (nSPS) is 34.1. The Morgan fingerprint density at radius 2 is 1.08 bits per heavy atom. The van der Waals surface area contributed by atoms with E-state index in [1.54, 1.807) is 0 Å². The monoisotopic (exact) mass is 833 g/mol. The number of nitrogens with zero attached hydrogens (tertiary/aromatic N) is 3. The molecule has 8 N–H and O–H groups in total. The minimum atomic E-state index is -1.63. The molecule has 3 saturated heterocycles. The number of amides is 6. The summed E-state index contributed by atoms with van der Waals surface area (Å²) in [6.45, 7) is 8.90. The maximum atomic E-state index is 14.9. The van der Waals surface area contributed by atoms with Gasteiger partial charge in [-0.05, 0) is 92.4 Å². The number of rotatable bonds is 11. The summed E-state index contributed by atoms with van der Waals surface area (Å²) in [5.41, 5.74) is 8.90. The van der Waals surface area contributed by atoms with E-state index in [1.165, 1.54) is 0 Å². The van der Waals surface area contributed by atoms with Gasteiger partial charge in [0.15, 0.2) is 0 Å². The molecule has 61 heavy (non-hydrogen) atoms. The second kappa shape index (κ2) is 14.7. The number of fused-ring (bicyclic) bond motifs is 6. The van der Waals surface area contributed by atoms with E-state index in [0.29, 0.717) is 67.4 Å². The van der Waals surface area contributed by atoms with Gasteiger partial charge in [-0.1, -0.05) is 87.5 Å². The number of benzene rings is 3. The standard InChI is InChI=1S/C46H55N7O8/c1-27-24-34(33-12-8-22-51(33)45(38(56)49-40(58)59)30-18-14-28(15-19-30)42(45,2)25-36(47)54)53(32-10-6-5-7-11-32)44(27,4)35-13-9-23-52(35)46(39(57)50-41(60)61)31-20-16-29(17-21-31)43(46,3)26-37(48)55/h5-7,10-11,14-21,27,33-35H,8-9,12-13,22-26H2,1-4H3,(H2,47,54)(H2,48,55)(H,49,56)(H,50,57)(H,58,59)(H,60,61)/t27?,33?,34-,35?,42?,43?,44-,45-,46-/m1/s1. The van der Waals surface area contributed by atoms with Gasteiger partial charge in [-0.15, -0.1) is 0 Å². The van der Waals surface area contributed by atoms with Gasteiger partial charge >= 0.3 is 12.2 Å². The van der Waals surface area contributed by atoms with Crippen molar-refractivity contribution in [1.29, 1.82) is 0 Å². The van der Waals surface area contributed by atoms with Gasteiger partial charge in [0.05, 0.1) is 5.54 Å². The fourth-order valence-electron chi connectivity index (χ4n) is 13.3. The Balaban J connectivity index is 1.30. The maximum Gasteiger partial charge on any atom is 0.411 e. The molecule has 3 aromatic carbocycles. The van der Waals surface area contributed by atoms with E-state index in [1.807, 2.05) is 92.7 Å². The van der Waals surface area contributed by atoms with E-state index in [9.17, 15) is 39.0 Å². The van der Waals surface area contributed by atoms with Crippen LogP contribution in [0, 0.1) is 5.92 Å². The van der Waals surface area contributed by atoms with Crippen molar-refractivity contribution in [2.45, 2.75) is 118 Å². The predicted octanol–water partition coefficient (Wildman–Crippen LogP) is 4.26. The molecular formula is C46H55N7O8. The number of hydrogen-bond acceptors (Lipinski definition) is 9. The molecule has 4 aliphatic carbocycles. The number of anilines is 1. The quantitative estimate of drug-likeness (QED) is 0.160. The van der Waals surface area contributed by atoms with Gasteiger partial charge < -0.3 is 26.6 Å². The Bertz CT molecular complexity index is 2290. The Morgan fingerprint density at radius 1 is 0.639 bits per heavy atom. The molecule has 5 unspecified atom stereocenters. The highest BCUT2D eigenvalue weighted by Gasteiger charge is 2.70. The van der Waals surface area contributed by atoms with Crippen LogP contribution in [0.15, 0.2) is 78.9 Å². The number of hydrogen-bond donors (Lipinski definition) is 6. The zero-order valence-electron chi connectivity index (χ0n) is 35.0. The highest BCUT2D eigenvalue weighted by molar-refractivity contribution is 6.01. The molecular weight excluding hydrogens is 779 g/mol. The number of carboxylic acid groups (broad SMARTS) is 2. The number of nitrogens with one attached hydrogen (secondary N) is 2. The van der Waals surface area contributed by atoms with Crippen LogP contribution in [0.2, 0.25) is 0 Å². The van der Waals surface area contributed by atoms with Crippen LogP contribution in [-0.4, -0.2) is 92.6 Å². The van der Waals surface area contributed by atoms with Crippen molar-refractivity contribution in [3.8, 4) is 0 Å². The van der Waals surface area contributed by atoms with Crippen molar-refractivity contribution < 1.29 is 39.0 Å². The van der Waals surface area contributed by atoms with E-state index >= 15 is 0 Å². The van der Waals surface area contributed by atoms with Crippen LogP contribution in [-0.2, 0) is 41.1 Å². The van der Waals surface area contributed by atoms with Crippen LogP contribution in [0.25, 0.3) is 0 Å². The fourth-order valence-corrected chi connectivity index (χ4v) is 13.3. The van der Waals surface area contributed by atoms with Gasteiger partial charge in [-0.25, -0.2) is 9.59 Å². The summed E-state index contributed by atoms with van der Waals surface area (Å²) >= 11 is 0. The molecule has 10 rings (SSSR count). The Labute approximate surface area is 354 Å². The van der Waals surface area contributed by atoms with E-state index in [4.69, 9.17) is 11.5 Å². The first-order valence-electron chi connectivity index (χ1n) is 21.1. The van der Waals surface area contributed by atoms with Gasteiger partial charge in [0.1, 0.15) is 11.1 Å². The van der Waals surface area contributed by atoms with Crippen molar-refractivity contribution >= 4 is 41.5 Å². The molecule has 15 nitrogen and oxygen atoms in total. The van der Waals surface area contributed by atoms with Crippen molar-refractivity contribution in [2.75, 3.05) is 18.0 Å². The summed E-state index contributed by atoms with van der Waals surface area (Å²) < 4.78 is 0. The average Bonchev–Trinajstić information content (AvgIpc) is 3.94. The first-order valence-corrected chi connectivity index (χ1v) is 21.1. The molecule has 0 saturated carbocycles. The first-order chi connectivity index (χ1) is 28.9. The lowest BCUT2D eigenvalue weighted by Gasteiger charge is -2.60. The van der Waals surface area contributed by atoms with E-state index in [-0.39, 0.29) is 36.9 Å². The third-order valence-corrected chi connectivity index (χ3v) is 15.6. The van der Waals surface area contributed by atoms with E-state index in [0.717, 1.165) is 5.69 Å². The molecule has 9 atom stereocenters. The summed E-state index contributed by atoms with van der Waals surface area (Å²) in [5, 5.41) is 24.5. The lowest BCUT2D eigenvalue weighted by molar-refractivity contribution is -0.145. The van der Waals surface area contributed by atoms with E-state index < -0.39 is 63.3 Å². The fraction of sp³-hybridized carbons (Fsp3) is 0.478. The van der Waals surface area contributed by atoms with Crippen molar-refractivity contribution in [3.05, 3.63) is 101 Å². The molecule has 3 heterocycles. The van der Waals surface area contributed by atoms with Crippen LogP contribution >= 0.6 is 0 Å². The molecule has 3 fully saturated rings. The summed E-state index contributed by atoms with van der Waals surface area (Å²) in [6.07, 6.45) is -0.121. The number of likely N-dealkylation sites (tertiary alicyclic amines) is 2. The molecule has 15 heteroatoms. The summed E-state index contributed by atoms with van der Waals surface area (Å²) in [6, 6.07) is 23.8. The molecule has 3 aliphatic heterocycles. The SMILES string of the molecule is CC1C[C@H](C2CCCN2[C@@]2(C(=O)NC(=O)O)c3ccc(cc3)C2(C)CC(N)=O)N(c2ccccc2)[C@@]1(C)C1CCCN1[C@@]1(C(=O)NC(=O)O)c2ccc(cc2)C1(C)CC(N)=O. The van der Waals surface area contributed by atoms with Gasteiger partial charge in [-0.2, -0.15) is 0 Å². The molecule has 7 aliphatic rings. The van der Waals surface area contributed by atoms with E-state index in [2.05, 4.69) is 39.2 Å². The zero-order chi connectivity index (χ0) is 43.9. The number of carbonyl (C=O) groups excluding carboxylic acids is 4. The highest BCUT2D eigenvalue weighted by atomic mass is 16.4. The summed E-state index contributed by atoms with van der Waals surface area (Å²) in [5.74, 6) is -2.81. The van der Waals surface area contributed by atoms with Crippen LogP contribution in [0.3, 0.4) is 0 Å². The Kier molecular flexibility index (Phi) is 10.1. The van der Waals surface area contributed by atoms with Crippen LogP contribution < -0.4 is 27.0 Å². The molecule has 4 bridgehead atoms. The summed E-state index contributed by atoms with van der Waals surface area (Å²) in [7, 11) is 0. The van der Waals surface area contributed by atoms with Crippen LogP contribution in [0.4, 0.5) is 15.3 Å². The minimum absolute atomic E-state index is 0.0670.